The van der Waals surface area contributed by atoms with Crippen molar-refractivity contribution in [2.24, 2.45) is 0 Å². The molecule has 6 nitrogen and oxygen atoms in total. The van der Waals surface area contributed by atoms with Crippen LogP contribution in [0.1, 0.15) is 226 Å². The smallest absolute Gasteiger partial charge is 0.306 e. The van der Waals surface area contributed by atoms with Crippen LogP contribution in [0.5, 0.6) is 0 Å². The van der Waals surface area contributed by atoms with Crippen LogP contribution in [0.2, 0.25) is 0 Å². The van der Waals surface area contributed by atoms with Crippen LogP contribution in [-0.2, 0) is 28.6 Å². The number of rotatable bonds is 43. The molecule has 0 radical (unpaired) electrons. The van der Waals surface area contributed by atoms with Gasteiger partial charge in [0.05, 0.1) is 0 Å². The van der Waals surface area contributed by atoms with E-state index in [4.69, 9.17) is 14.2 Å². The lowest BCUT2D eigenvalue weighted by Crippen LogP contribution is -2.30. The molecule has 59 heavy (non-hydrogen) atoms. The molecule has 0 aromatic rings. The van der Waals surface area contributed by atoms with Crippen LogP contribution in [0.4, 0.5) is 0 Å². The summed E-state index contributed by atoms with van der Waals surface area (Å²) in [7, 11) is 0. The molecule has 0 saturated heterocycles. The van der Waals surface area contributed by atoms with Crippen molar-refractivity contribution in [3.63, 3.8) is 0 Å². The zero-order valence-corrected chi connectivity index (χ0v) is 38.5. The van der Waals surface area contributed by atoms with E-state index < -0.39 is 6.10 Å². The van der Waals surface area contributed by atoms with E-state index in [0.717, 1.165) is 109 Å². The van der Waals surface area contributed by atoms with Gasteiger partial charge in [0.1, 0.15) is 13.2 Å². The summed E-state index contributed by atoms with van der Waals surface area (Å²) in [6.45, 7) is 6.48. The van der Waals surface area contributed by atoms with Gasteiger partial charge in [-0.15, -0.1) is 0 Å². The Morgan fingerprint density at radius 2 is 0.627 bits per heavy atom. The van der Waals surface area contributed by atoms with Crippen LogP contribution >= 0.6 is 0 Å². The van der Waals surface area contributed by atoms with Crippen molar-refractivity contribution in [3.05, 3.63) is 72.9 Å². The second kappa shape index (κ2) is 47.5. The number of esters is 3. The first kappa shape index (κ1) is 55.9. The van der Waals surface area contributed by atoms with Gasteiger partial charge in [0.25, 0.3) is 0 Å². The van der Waals surface area contributed by atoms with Gasteiger partial charge in [-0.1, -0.05) is 171 Å². The Balaban J connectivity index is 4.48. The summed E-state index contributed by atoms with van der Waals surface area (Å²) in [5.74, 6) is -0.964. The lowest BCUT2D eigenvalue weighted by molar-refractivity contribution is -0.167. The van der Waals surface area contributed by atoms with E-state index in [1.165, 1.54) is 77.0 Å². The van der Waals surface area contributed by atoms with Gasteiger partial charge in [-0.25, -0.2) is 0 Å². The molecular formula is C53H90O6. The Labute approximate surface area is 363 Å². The SMILES string of the molecule is CCCC/C=C\CCCCCCCC(=O)OC[C@H](COC(=O)CCCC/C=C\C/C=C\C/C=C\CCCCC)OC(=O)CCCCCCC/C=C\C/C=C\CCCCC. The van der Waals surface area contributed by atoms with Gasteiger partial charge in [-0.3, -0.25) is 14.4 Å². The molecule has 0 spiro atoms. The van der Waals surface area contributed by atoms with Gasteiger partial charge in [0.15, 0.2) is 6.10 Å². The molecule has 0 bridgehead atoms. The van der Waals surface area contributed by atoms with Crippen LogP contribution in [0, 0.1) is 0 Å². The normalized spacial score (nSPS) is 12.7. The molecule has 0 amide bonds. The minimum atomic E-state index is -0.800. The van der Waals surface area contributed by atoms with Gasteiger partial charge in [0, 0.05) is 19.3 Å². The van der Waals surface area contributed by atoms with Gasteiger partial charge in [-0.05, 0) is 109 Å². The monoisotopic (exact) mass is 823 g/mol. The van der Waals surface area contributed by atoms with Crippen LogP contribution in [0.3, 0.4) is 0 Å². The van der Waals surface area contributed by atoms with Crippen molar-refractivity contribution in [3.8, 4) is 0 Å². The number of ether oxygens (including phenoxy) is 3. The first-order chi connectivity index (χ1) is 29.0. The molecule has 1 atom stereocenters. The number of unbranched alkanes of at least 4 members (excludes halogenated alkanes) is 20. The second-order valence-electron chi connectivity index (χ2n) is 16.0. The second-order valence-corrected chi connectivity index (χ2v) is 16.0. The Morgan fingerprint density at radius 3 is 1.05 bits per heavy atom. The molecule has 0 aliphatic carbocycles. The Morgan fingerprint density at radius 1 is 0.339 bits per heavy atom. The fourth-order valence-corrected chi connectivity index (χ4v) is 6.40. The zero-order chi connectivity index (χ0) is 43.0. The summed E-state index contributed by atoms with van der Waals surface area (Å²) in [6, 6.07) is 0. The number of hydrogen-bond acceptors (Lipinski definition) is 6. The number of hydrogen-bond donors (Lipinski definition) is 0. The van der Waals surface area contributed by atoms with Crippen molar-refractivity contribution >= 4 is 17.9 Å². The number of carbonyl (C=O) groups is 3. The van der Waals surface area contributed by atoms with E-state index in [0.29, 0.717) is 19.3 Å². The van der Waals surface area contributed by atoms with E-state index in [2.05, 4.69) is 93.7 Å². The van der Waals surface area contributed by atoms with Crippen molar-refractivity contribution in [1.82, 2.24) is 0 Å². The largest absolute Gasteiger partial charge is 0.462 e. The maximum absolute atomic E-state index is 12.8. The van der Waals surface area contributed by atoms with Crippen molar-refractivity contribution < 1.29 is 28.6 Å². The molecule has 0 unspecified atom stereocenters. The molecule has 0 saturated carbocycles. The van der Waals surface area contributed by atoms with E-state index in [9.17, 15) is 14.4 Å². The number of allylic oxidation sites excluding steroid dienone is 12. The average Bonchev–Trinajstić information content (AvgIpc) is 3.23. The summed E-state index contributed by atoms with van der Waals surface area (Å²) >= 11 is 0. The summed E-state index contributed by atoms with van der Waals surface area (Å²) in [6.07, 6.45) is 58.8. The molecule has 0 heterocycles. The van der Waals surface area contributed by atoms with Crippen LogP contribution in [0.25, 0.3) is 0 Å². The minimum absolute atomic E-state index is 0.0983. The number of carbonyl (C=O) groups excluding carboxylic acids is 3. The van der Waals surface area contributed by atoms with E-state index >= 15 is 0 Å². The molecule has 0 aromatic carbocycles. The predicted molar refractivity (Wildman–Crippen MR) is 251 cm³/mol. The van der Waals surface area contributed by atoms with Crippen LogP contribution < -0.4 is 0 Å². The average molecular weight is 823 g/mol. The third-order valence-electron chi connectivity index (χ3n) is 10.2. The van der Waals surface area contributed by atoms with Gasteiger partial charge >= 0.3 is 17.9 Å². The molecule has 0 N–H and O–H groups in total. The molecule has 0 fully saturated rings. The maximum atomic E-state index is 12.8. The first-order valence-corrected chi connectivity index (χ1v) is 24.4. The highest BCUT2D eigenvalue weighted by molar-refractivity contribution is 5.71. The van der Waals surface area contributed by atoms with Gasteiger partial charge in [-0.2, -0.15) is 0 Å². The van der Waals surface area contributed by atoms with Crippen LogP contribution in [-0.4, -0.2) is 37.2 Å². The Kier molecular flexibility index (Phi) is 45.0. The topological polar surface area (TPSA) is 78.9 Å². The Bertz CT molecular complexity index is 1130. The van der Waals surface area contributed by atoms with Crippen molar-refractivity contribution in [1.29, 1.82) is 0 Å². The first-order valence-electron chi connectivity index (χ1n) is 24.4. The summed E-state index contributed by atoms with van der Waals surface area (Å²) < 4.78 is 16.7. The van der Waals surface area contributed by atoms with E-state index in [1.54, 1.807) is 0 Å². The summed E-state index contributed by atoms with van der Waals surface area (Å²) in [5, 5.41) is 0. The predicted octanol–water partition coefficient (Wildman–Crippen LogP) is 15.9. The lowest BCUT2D eigenvalue weighted by Gasteiger charge is -2.18. The molecular weight excluding hydrogens is 733 g/mol. The van der Waals surface area contributed by atoms with Crippen LogP contribution in [0.15, 0.2) is 72.9 Å². The van der Waals surface area contributed by atoms with Crippen molar-refractivity contribution in [2.75, 3.05) is 13.2 Å². The highest BCUT2D eigenvalue weighted by Gasteiger charge is 2.19. The molecule has 0 aliphatic heterocycles. The highest BCUT2D eigenvalue weighted by atomic mass is 16.6. The molecule has 0 rings (SSSR count). The summed E-state index contributed by atoms with van der Waals surface area (Å²) in [5.41, 5.74) is 0. The van der Waals surface area contributed by atoms with Gasteiger partial charge in [0.2, 0.25) is 0 Å². The van der Waals surface area contributed by atoms with Gasteiger partial charge < -0.3 is 14.2 Å². The molecule has 6 heteroatoms. The Hall–Kier alpha value is -3.15. The molecule has 0 aromatic heterocycles. The fraction of sp³-hybridized carbons (Fsp3) is 0.717. The third kappa shape index (κ3) is 45.8. The highest BCUT2D eigenvalue weighted by Crippen LogP contribution is 2.12. The fourth-order valence-electron chi connectivity index (χ4n) is 6.40. The standard InChI is InChI=1S/C53H90O6/c1-4-7-10-13-16-19-22-24-26-28-31-34-37-40-43-46-52(55)58-49-50(48-57-51(54)45-42-39-36-33-30-21-18-15-12-9-6-3)59-53(56)47-44-41-38-35-32-29-27-25-23-20-17-14-11-8-5-2/h15-20,24-27,31,34,50H,4-14,21-23,28-30,32-33,35-49H2,1-3H3/b18-15-,19-16-,20-17-,26-24-,27-25-,34-31-/t50-/m1/s1. The quantitative estimate of drug-likeness (QED) is 0.0264. The third-order valence-corrected chi connectivity index (χ3v) is 10.2. The minimum Gasteiger partial charge on any atom is -0.462 e. The lowest BCUT2D eigenvalue weighted by atomic mass is 10.1. The molecule has 0 aliphatic rings. The van der Waals surface area contributed by atoms with E-state index in [1.807, 2.05) is 0 Å². The zero-order valence-electron chi connectivity index (χ0n) is 38.5. The van der Waals surface area contributed by atoms with E-state index in [-0.39, 0.29) is 31.1 Å². The molecule has 338 valence electrons. The maximum Gasteiger partial charge on any atom is 0.306 e. The summed E-state index contributed by atoms with van der Waals surface area (Å²) in [4.78, 5) is 37.8. The van der Waals surface area contributed by atoms with Crippen molar-refractivity contribution in [2.45, 2.75) is 232 Å².